The Hall–Kier alpha value is 0.597. The monoisotopic (exact) mass is 342 g/mol. The maximum Gasteiger partial charge on any atom is 3.00 e. The van der Waals surface area contributed by atoms with E-state index >= 15 is 0 Å². The Balaban J connectivity index is -0.0000000277. The minimum atomic E-state index is -5.17. The van der Waals surface area contributed by atoms with Crippen molar-refractivity contribution < 1.29 is 76.9 Å². The van der Waals surface area contributed by atoms with E-state index in [2.05, 4.69) is 0 Å². The van der Waals surface area contributed by atoms with E-state index in [9.17, 15) is 0 Å². The van der Waals surface area contributed by atoms with Gasteiger partial charge in [-0.05, 0) is 0 Å². The summed E-state index contributed by atoms with van der Waals surface area (Å²) in [5.74, 6) is 0. The van der Waals surface area contributed by atoms with Gasteiger partial charge in [-0.2, -0.15) is 0 Å². The maximum absolute atomic E-state index is 8.52. The largest absolute Gasteiger partial charge is 3.00 e. The Morgan fingerprint density at radius 3 is 0.500 bits per heavy atom. The van der Waals surface area contributed by atoms with Crippen molar-refractivity contribution in [1.82, 2.24) is 0 Å². The van der Waals surface area contributed by atoms with Gasteiger partial charge in [0.15, 0.2) is 0 Å². The van der Waals surface area contributed by atoms with Gasteiger partial charge in [-0.1, -0.05) is 0 Å². The maximum atomic E-state index is 8.52. The molecule has 0 aliphatic rings. The molecule has 0 saturated carbocycles. The molecule has 18 heteroatoms. The Morgan fingerprint density at radius 2 is 0.500 bits per heavy atom. The summed E-state index contributed by atoms with van der Waals surface area (Å²) in [5.41, 5.74) is 0. The first-order chi connectivity index (χ1) is 6.00. The van der Waals surface area contributed by atoms with Crippen molar-refractivity contribution in [2.75, 3.05) is 0 Å². The molecule has 18 heavy (non-hydrogen) atoms. The van der Waals surface area contributed by atoms with Crippen molar-refractivity contribution in [2.45, 2.75) is 0 Å². The Labute approximate surface area is 118 Å². The van der Waals surface area contributed by atoms with Crippen molar-refractivity contribution in [2.24, 2.45) is 0 Å². The fraction of sp³-hybridized carbons (Fsp3) is 0. The van der Waals surface area contributed by atoms with Gasteiger partial charge in [-0.3, -0.25) is 25.3 Å². The van der Waals surface area contributed by atoms with E-state index in [1.165, 1.54) is 0 Å². The van der Waals surface area contributed by atoms with Crippen LogP contribution in [-0.4, -0.2) is 52.6 Å². The van der Waals surface area contributed by atoms with Gasteiger partial charge in [0.1, 0.15) is 0 Å². The van der Waals surface area contributed by atoms with Crippen LogP contribution in [0.15, 0.2) is 0 Å². The van der Waals surface area contributed by atoms with E-state index in [1.54, 1.807) is 0 Å². The van der Waals surface area contributed by atoms with Gasteiger partial charge in [0.2, 0.25) is 0 Å². The molecule has 6 radical (unpaired) electrons. The van der Waals surface area contributed by atoms with Crippen LogP contribution in [0, 0.1) is 0 Å². The third-order valence-corrected chi connectivity index (χ3v) is 0. The fourth-order valence-electron chi connectivity index (χ4n) is 0. The summed E-state index contributed by atoms with van der Waals surface area (Å²) in [6, 6.07) is 0. The van der Waals surface area contributed by atoms with E-state index in [4.69, 9.17) is 52.6 Å². The van der Waals surface area contributed by atoms with E-state index < -0.39 is 31.2 Å². The van der Waals surface area contributed by atoms with Crippen molar-refractivity contribution in [3.63, 3.8) is 0 Å². The first-order valence-electron chi connectivity index (χ1n) is 2.00. The molecule has 0 fully saturated rings. The smallest absolute Gasteiger partial charge is 0.759 e. The van der Waals surface area contributed by atoms with Gasteiger partial charge in [-0.25, -0.2) is 0 Å². The zero-order chi connectivity index (χ0) is 13.5. The van der Waals surface area contributed by atoms with E-state index in [-0.39, 0.29) is 34.2 Å². The van der Waals surface area contributed by atoms with Crippen LogP contribution < -0.4 is 18.9 Å². The molecule has 0 aromatic heterocycles. The SMILES string of the molecule is O=S(=O)([O-])[O-].O=S(=O)([O-])[O-].O=S(=O)([O-])[O-].[Li+].[O+2].[P+3]. The molecule has 102 valence electrons. The first-order valence-corrected chi connectivity index (χ1v) is 6.00. The number of hydrogen-bond donors (Lipinski definition) is 0. The van der Waals surface area contributed by atoms with Gasteiger partial charge in [0.05, 0.1) is 0 Å². The van der Waals surface area contributed by atoms with Gasteiger partial charge in [0.25, 0.3) is 0 Å². The molecular formula is LiO13PS3. The zero-order valence-electron chi connectivity index (χ0n) is 7.98. The quantitative estimate of drug-likeness (QED) is 0.172. The van der Waals surface area contributed by atoms with E-state index in [0.29, 0.717) is 0 Å². The van der Waals surface area contributed by atoms with Gasteiger partial charge < -0.3 is 27.3 Å². The Morgan fingerprint density at radius 1 is 0.500 bits per heavy atom. The van der Waals surface area contributed by atoms with Gasteiger partial charge in [0, 0.05) is 31.2 Å². The summed E-state index contributed by atoms with van der Waals surface area (Å²) in [7, 11) is -15.5. The minimum Gasteiger partial charge on any atom is -0.759 e. The summed E-state index contributed by atoms with van der Waals surface area (Å²) >= 11 is 0. The molecule has 13 nitrogen and oxygen atoms in total. The summed E-state index contributed by atoms with van der Waals surface area (Å²) in [6.45, 7) is 0. The zero-order valence-corrected chi connectivity index (χ0v) is 11.3. The molecular weight excluding hydrogens is 342 g/mol. The van der Waals surface area contributed by atoms with Gasteiger partial charge >= 0.3 is 34.2 Å². The van der Waals surface area contributed by atoms with E-state index in [0.717, 1.165) is 0 Å². The first kappa shape index (κ1) is 36.3. The topological polar surface area (TPSA) is 269 Å². The molecule has 0 heterocycles. The molecule has 0 unspecified atom stereocenters. The summed E-state index contributed by atoms with van der Waals surface area (Å²) in [6.07, 6.45) is 0. The molecule has 0 saturated heterocycles. The standard InChI is InChI=1S/Li.3H2O4S.O.P/c;3*1-5(2,3)4;;/h;3*(H2,1,2,3,4);;/q+1;;;;+2;+3/p-6. The van der Waals surface area contributed by atoms with Crippen LogP contribution in [0.1, 0.15) is 0 Å². The molecule has 0 spiro atoms. The normalized spacial score (nSPS) is 9.67. The average molecular weight is 342 g/mol. The Bertz CT molecular complexity index is 343. The molecule has 0 aromatic carbocycles. The molecule has 0 aliphatic heterocycles. The predicted molar refractivity (Wildman–Crippen MR) is 39.0 cm³/mol. The minimum absolute atomic E-state index is 0. The van der Waals surface area contributed by atoms with Crippen molar-refractivity contribution in [1.29, 1.82) is 0 Å². The van der Waals surface area contributed by atoms with Gasteiger partial charge in [-0.15, -0.1) is 0 Å². The number of rotatable bonds is 0. The molecule has 0 atom stereocenters. The van der Waals surface area contributed by atoms with Crippen molar-refractivity contribution in [3.8, 4) is 0 Å². The van der Waals surface area contributed by atoms with Crippen LogP contribution in [0.4, 0.5) is 0 Å². The molecule has 0 amide bonds. The van der Waals surface area contributed by atoms with Crippen LogP contribution in [0.5, 0.6) is 0 Å². The second-order valence-corrected chi connectivity index (χ2v) is 3.67. The molecule has 0 N–H and O–H groups in total. The molecule has 0 aromatic rings. The van der Waals surface area contributed by atoms with Crippen LogP contribution >= 0.6 is 9.90 Å². The van der Waals surface area contributed by atoms with Crippen LogP contribution in [-0.2, 0) is 36.7 Å². The van der Waals surface area contributed by atoms with Crippen molar-refractivity contribution >= 4 is 41.1 Å². The third kappa shape index (κ3) is 11300. The van der Waals surface area contributed by atoms with E-state index in [1.807, 2.05) is 0 Å². The predicted octanol–water partition coefficient (Wildman–Crippen LogP) is -6.27. The fourth-order valence-corrected chi connectivity index (χ4v) is 0. The summed E-state index contributed by atoms with van der Waals surface area (Å²) in [4.78, 5) is 0. The van der Waals surface area contributed by atoms with Crippen LogP contribution in [0.3, 0.4) is 0 Å². The van der Waals surface area contributed by atoms with Crippen molar-refractivity contribution in [3.05, 3.63) is 0 Å². The molecule has 0 rings (SSSR count). The third-order valence-electron chi connectivity index (χ3n) is 0. The molecule has 0 bridgehead atoms. The second-order valence-electron chi connectivity index (χ2n) is 1.22. The van der Waals surface area contributed by atoms with Crippen LogP contribution in [0.25, 0.3) is 0 Å². The van der Waals surface area contributed by atoms with Crippen LogP contribution in [0.2, 0.25) is 0 Å². The second kappa shape index (κ2) is 14.0. The molecule has 0 aliphatic carbocycles. The summed E-state index contributed by atoms with van der Waals surface area (Å²) < 4.78 is 102. The number of hydrogen-bond acceptors (Lipinski definition) is 12. The Kier molecular flexibility index (Phi) is 28.3. The summed E-state index contributed by atoms with van der Waals surface area (Å²) in [5, 5.41) is 0. The average Bonchev–Trinajstić information content (AvgIpc) is 1.41.